The monoisotopic (exact) mass is 244 g/mol. The van der Waals surface area contributed by atoms with Gasteiger partial charge in [0, 0.05) is 12.1 Å². The maximum absolute atomic E-state index is 11.4. The summed E-state index contributed by atoms with van der Waals surface area (Å²) in [6.45, 7) is 3.60. The quantitative estimate of drug-likeness (QED) is 0.447. The number of nitrogens with two attached hydrogens (primary N) is 2. The number of allylic oxidation sites excluding steroid dienone is 1. The average Bonchev–Trinajstić information content (AvgIpc) is 2.07. The fourth-order valence-electron chi connectivity index (χ4n) is 1.44. The van der Waals surface area contributed by atoms with Gasteiger partial charge in [0.2, 0.25) is 0 Å². The van der Waals surface area contributed by atoms with Crippen molar-refractivity contribution >= 4 is 17.6 Å². The third-order valence-corrected chi connectivity index (χ3v) is 2.40. The van der Waals surface area contributed by atoms with Crippen molar-refractivity contribution in [1.82, 2.24) is 0 Å². The van der Waals surface area contributed by atoms with Gasteiger partial charge in [0.15, 0.2) is 0 Å². The predicted molar refractivity (Wildman–Crippen MR) is 63.6 cm³/mol. The summed E-state index contributed by atoms with van der Waals surface area (Å²) in [5.74, 6) is -0.295. The highest BCUT2D eigenvalue weighted by atomic mass is 35.5. The third-order valence-electron chi connectivity index (χ3n) is 2.14. The number of carbonyl (C=O) groups excluding carboxylic acids is 1. The molecule has 0 fully saturated rings. The van der Waals surface area contributed by atoms with E-state index in [9.17, 15) is 4.79 Å². The van der Waals surface area contributed by atoms with Crippen LogP contribution in [0, 0.1) is 0 Å². The van der Waals surface area contributed by atoms with E-state index in [-0.39, 0.29) is 18.5 Å². The molecule has 0 radical (unpaired) electrons. The van der Waals surface area contributed by atoms with Gasteiger partial charge < -0.3 is 16.2 Å². The summed E-state index contributed by atoms with van der Waals surface area (Å²) >= 11 is 5.91. The van der Waals surface area contributed by atoms with Crippen LogP contribution in [0.2, 0.25) is 0 Å². The molecule has 4 N–H and O–H groups in total. The highest BCUT2D eigenvalue weighted by molar-refractivity contribution is 6.25. The summed E-state index contributed by atoms with van der Waals surface area (Å²) in [6, 6.07) is 0. The number of rotatable bonds is 3. The maximum atomic E-state index is 11.4. The van der Waals surface area contributed by atoms with Crippen molar-refractivity contribution in [2.75, 3.05) is 0 Å². The smallest absolute Gasteiger partial charge is 0.310 e. The number of hydrogen-bond acceptors (Lipinski definition) is 4. The normalized spacial score (nSPS) is 25.1. The minimum absolute atomic E-state index is 0.122. The second-order valence-corrected chi connectivity index (χ2v) is 4.91. The second-order valence-electron chi connectivity index (χ2n) is 4.20. The fourth-order valence-corrected chi connectivity index (χ4v) is 1.65. The third kappa shape index (κ3) is 3.87. The number of ether oxygens (including phenoxy) is 1. The van der Waals surface area contributed by atoms with Gasteiger partial charge in [0.25, 0.3) is 0 Å². The van der Waals surface area contributed by atoms with Crippen molar-refractivity contribution < 1.29 is 9.53 Å². The van der Waals surface area contributed by atoms with E-state index >= 15 is 0 Å². The van der Waals surface area contributed by atoms with Gasteiger partial charge in [0.05, 0.1) is 12.5 Å². The van der Waals surface area contributed by atoms with Crippen molar-refractivity contribution in [1.29, 1.82) is 0 Å². The molecule has 1 atom stereocenters. The first-order valence-corrected chi connectivity index (χ1v) is 5.52. The Morgan fingerprint density at radius 3 is 2.81 bits per heavy atom. The molecule has 90 valence electrons. The van der Waals surface area contributed by atoms with E-state index in [1.54, 1.807) is 26.0 Å². The van der Waals surface area contributed by atoms with E-state index in [0.717, 1.165) is 5.57 Å². The molecule has 5 heteroatoms. The SMILES string of the molecule is CC(C)OC(=O)CC1=C(N)CC(N)(Cl)C=C1. The highest BCUT2D eigenvalue weighted by Gasteiger charge is 2.24. The van der Waals surface area contributed by atoms with Crippen molar-refractivity contribution in [3.8, 4) is 0 Å². The Kier molecular flexibility index (Phi) is 3.99. The van der Waals surface area contributed by atoms with Gasteiger partial charge >= 0.3 is 5.97 Å². The molecule has 0 saturated carbocycles. The fraction of sp³-hybridized carbons (Fsp3) is 0.545. The van der Waals surface area contributed by atoms with Gasteiger partial charge in [-0.1, -0.05) is 17.7 Å². The van der Waals surface area contributed by atoms with Gasteiger partial charge in [-0.25, -0.2) is 0 Å². The van der Waals surface area contributed by atoms with Crippen LogP contribution >= 0.6 is 11.6 Å². The molecular weight excluding hydrogens is 228 g/mol. The van der Waals surface area contributed by atoms with Crippen LogP contribution in [-0.4, -0.2) is 17.1 Å². The molecule has 4 nitrogen and oxygen atoms in total. The molecule has 1 unspecified atom stereocenters. The lowest BCUT2D eigenvalue weighted by atomic mass is 9.98. The second kappa shape index (κ2) is 4.89. The van der Waals surface area contributed by atoms with Crippen LogP contribution in [-0.2, 0) is 9.53 Å². The van der Waals surface area contributed by atoms with Gasteiger partial charge in [-0.05, 0) is 25.5 Å². The lowest BCUT2D eigenvalue weighted by Gasteiger charge is -2.23. The van der Waals surface area contributed by atoms with Gasteiger partial charge in [-0.3, -0.25) is 4.79 Å². The largest absolute Gasteiger partial charge is 0.463 e. The minimum Gasteiger partial charge on any atom is -0.463 e. The summed E-state index contributed by atoms with van der Waals surface area (Å²) in [5, 5.41) is 0. The Morgan fingerprint density at radius 1 is 1.69 bits per heavy atom. The van der Waals surface area contributed by atoms with Gasteiger partial charge in [-0.2, -0.15) is 0 Å². The Labute approximate surface area is 100 Å². The summed E-state index contributed by atoms with van der Waals surface area (Å²) in [5.41, 5.74) is 12.8. The van der Waals surface area contributed by atoms with Crippen molar-refractivity contribution in [3.05, 3.63) is 23.4 Å². The Bertz CT molecular complexity index is 346. The molecular formula is C11H17ClN2O2. The first kappa shape index (κ1) is 13.1. The van der Waals surface area contributed by atoms with Crippen molar-refractivity contribution in [3.63, 3.8) is 0 Å². The minimum atomic E-state index is -0.935. The summed E-state index contributed by atoms with van der Waals surface area (Å²) in [6.07, 6.45) is 3.71. The summed E-state index contributed by atoms with van der Waals surface area (Å²) in [7, 11) is 0. The molecule has 0 aliphatic heterocycles. The number of carbonyl (C=O) groups is 1. The number of alkyl halides is 1. The van der Waals surface area contributed by atoms with E-state index in [2.05, 4.69) is 0 Å². The standard InChI is InChI=1S/C11H17ClN2O2/c1-7(2)16-10(15)5-8-3-4-11(12,14)6-9(8)13/h3-4,7H,5-6,13-14H2,1-2H3. The highest BCUT2D eigenvalue weighted by Crippen LogP contribution is 2.27. The molecule has 0 bridgehead atoms. The van der Waals surface area contributed by atoms with Gasteiger partial charge in [0.1, 0.15) is 5.00 Å². The lowest BCUT2D eigenvalue weighted by molar-refractivity contribution is -0.146. The molecule has 0 saturated heterocycles. The Balaban J connectivity index is 2.63. The van der Waals surface area contributed by atoms with Crippen LogP contribution in [0.15, 0.2) is 23.4 Å². The topological polar surface area (TPSA) is 78.3 Å². The molecule has 1 rings (SSSR count). The zero-order valence-corrected chi connectivity index (χ0v) is 10.3. The first-order valence-electron chi connectivity index (χ1n) is 5.14. The summed E-state index contributed by atoms with van der Waals surface area (Å²) < 4.78 is 5.03. The van der Waals surface area contributed by atoms with Crippen LogP contribution in [0.5, 0.6) is 0 Å². The Hall–Kier alpha value is -1.00. The molecule has 0 heterocycles. The molecule has 0 aromatic rings. The van der Waals surface area contributed by atoms with Crippen molar-refractivity contribution in [2.24, 2.45) is 11.5 Å². The van der Waals surface area contributed by atoms with E-state index in [4.69, 9.17) is 27.8 Å². The molecule has 0 aromatic carbocycles. The molecule has 0 amide bonds. The number of hydrogen-bond donors (Lipinski definition) is 2. The molecule has 0 aromatic heterocycles. The van der Waals surface area contributed by atoms with E-state index in [1.165, 1.54) is 0 Å². The summed E-state index contributed by atoms with van der Waals surface area (Å²) in [4.78, 5) is 10.5. The molecule has 1 aliphatic rings. The van der Waals surface area contributed by atoms with Crippen LogP contribution in [0.3, 0.4) is 0 Å². The zero-order chi connectivity index (χ0) is 12.3. The zero-order valence-electron chi connectivity index (χ0n) is 9.50. The van der Waals surface area contributed by atoms with Crippen LogP contribution in [0.25, 0.3) is 0 Å². The van der Waals surface area contributed by atoms with Crippen LogP contribution in [0.4, 0.5) is 0 Å². The molecule has 16 heavy (non-hydrogen) atoms. The van der Waals surface area contributed by atoms with Gasteiger partial charge in [-0.15, -0.1) is 0 Å². The molecule has 0 spiro atoms. The maximum Gasteiger partial charge on any atom is 0.310 e. The lowest BCUT2D eigenvalue weighted by Crippen LogP contribution is -2.34. The molecule has 1 aliphatic carbocycles. The average molecular weight is 245 g/mol. The first-order chi connectivity index (χ1) is 7.30. The predicted octanol–water partition coefficient (Wildman–Crippen LogP) is 1.39. The Morgan fingerprint density at radius 2 is 2.31 bits per heavy atom. The van der Waals surface area contributed by atoms with Crippen LogP contribution < -0.4 is 11.5 Å². The number of esters is 1. The van der Waals surface area contributed by atoms with E-state index < -0.39 is 5.00 Å². The number of halogens is 1. The van der Waals surface area contributed by atoms with Crippen LogP contribution in [0.1, 0.15) is 26.7 Å². The van der Waals surface area contributed by atoms with Crippen molar-refractivity contribution in [2.45, 2.75) is 37.8 Å². The van der Waals surface area contributed by atoms with E-state index in [0.29, 0.717) is 12.1 Å². The van der Waals surface area contributed by atoms with E-state index in [1.807, 2.05) is 0 Å².